The van der Waals surface area contributed by atoms with Crippen LogP contribution in [0.4, 0.5) is 0 Å². The zero-order valence-corrected chi connectivity index (χ0v) is 9.06. The third kappa shape index (κ3) is 2.52. The molecule has 0 amide bonds. The van der Waals surface area contributed by atoms with Gasteiger partial charge < -0.3 is 10.0 Å². The molecule has 0 bridgehead atoms. The van der Waals surface area contributed by atoms with Crippen molar-refractivity contribution in [2.45, 2.75) is 25.4 Å². The molecule has 2 heterocycles. The first-order valence-electron chi connectivity index (χ1n) is 5.41. The average Bonchev–Trinajstić information content (AvgIpc) is 2.29. The second kappa shape index (κ2) is 4.68. The highest BCUT2D eigenvalue weighted by Crippen LogP contribution is 2.24. The summed E-state index contributed by atoms with van der Waals surface area (Å²) >= 11 is 0. The van der Waals surface area contributed by atoms with Crippen molar-refractivity contribution in [2.75, 3.05) is 20.1 Å². The molecule has 0 spiro atoms. The summed E-state index contributed by atoms with van der Waals surface area (Å²) in [5.74, 6) is 1.03. The Kier molecular flexibility index (Phi) is 3.28. The lowest BCUT2D eigenvalue weighted by atomic mass is 9.95. The van der Waals surface area contributed by atoms with Gasteiger partial charge in [0.25, 0.3) is 0 Å². The Labute approximate surface area is 90.0 Å². The van der Waals surface area contributed by atoms with Gasteiger partial charge >= 0.3 is 0 Å². The summed E-state index contributed by atoms with van der Waals surface area (Å²) in [4.78, 5) is 10.7. The molecule has 1 unspecified atom stereocenters. The molecule has 1 aliphatic rings. The van der Waals surface area contributed by atoms with E-state index in [1.54, 1.807) is 6.20 Å². The molecule has 15 heavy (non-hydrogen) atoms. The molecule has 1 N–H and O–H groups in total. The fourth-order valence-corrected chi connectivity index (χ4v) is 2.13. The van der Waals surface area contributed by atoms with Crippen LogP contribution >= 0.6 is 0 Å². The van der Waals surface area contributed by atoms with Gasteiger partial charge in [-0.05, 0) is 32.5 Å². The summed E-state index contributed by atoms with van der Waals surface area (Å²) in [7, 11) is 2.14. The maximum Gasteiger partial charge on any atom is 0.153 e. The Morgan fingerprint density at radius 3 is 3.20 bits per heavy atom. The number of hydrogen-bond donors (Lipinski definition) is 1. The Balaban J connectivity index is 2.13. The molecule has 82 valence electrons. The molecule has 0 aromatic carbocycles. The van der Waals surface area contributed by atoms with E-state index in [4.69, 9.17) is 5.11 Å². The number of rotatable bonds is 2. The molecular weight excluding hydrogens is 190 g/mol. The number of aromatic nitrogens is 2. The van der Waals surface area contributed by atoms with Gasteiger partial charge in [0.1, 0.15) is 6.61 Å². The van der Waals surface area contributed by atoms with E-state index in [-0.39, 0.29) is 6.61 Å². The van der Waals surface area contributed by atoms with Crippen molar-refractivity contribution >= 4 is 0 Å². The van der Waals surface area contributed by atoms with Crippen LogP contribution in [0.25, 0.3) is 0 Å². The van der Waals surface area contributed by atoms with E-state index < -0.39 is 0 Å². The van der Waals surface area contributed by atoms with Gasteiger partial charge in [-0.3, -0.25) is 0 Å². The molecule has 1 saturated heterocycles. The van der Waals surface area contributed by atoms with Crippen LogP contribution < -0.4 is 0 Å². The lowest BCUT2D eigenvalue weighted by Crippen LogP contribution is -2.31. The minimum Gasteiger partial charge on any atom is -0.388 e. The largest absolute Gasteiger partial charge is 0.388 e. The first kappa shape index (κ1) is 10.5. The molecule has 0 saturated carbocycles. The normalized spacial score (nSPS) is 22.9. The number of aliphatic hydroxyl groups excluding tert-OH is 1. The van der Waals surface area contributed by atoms with E-state index in [0.29, 0.717) is 11.7 Å². The molecule has 0 aliphatic carbocycles. The van der Waals surface area contributed by atoms with Crippen molar-refractivity contribution in [1.82, 2.24) is 14.9 Å². The van der Waals surface area contributed by atoms with Gasteiger partial charge in [0.15, 0.2) is 5.82 Å². The smallest absolute Gasteiger partial charge is 0.153 e. The summed E-state index contributed by atoms with van der Waals surface area (Å²) in [6.45, 7) is 2.16. The Bertz CT molecular complexity index is 329. The number of likely N-dealkylation sites (tertiary alicyclic amines) is 1. The van der Waals surface area contributed by atoms with Crippen LogP contribution in [0.5, 0.6) is 0 Å². The Hall–Kier alpha value is -1.00. The van der Waals surface area contributed by atoms with Gasteiger partial charge in [0.05, 0.1) is 0 Å². The zero-order chi connectivity index (χ0) is 10.7. The third-order valence-electron chi connectivity index (χ3n) is 2.91. The Morgan fingerprint density at radius 1 is 1.60 bits per heavy atom. The predicted molar refractivity (Wildman–Crippen MR) is 57.4 cm³/mol. The van der Waals surface area contributed by atoms with E-state index in [1.165, 1.54) is 19.4 Å². The molecule has 0 radical (unpaired) electrons. The lowest BCUT2D eigenvalue weighted by molar-refractivity contribution is 0.245. The van der Waals surface area contributed by atoms with Crippen LogP contribution in [-0.2, 0) is 6.61 Å². The second-order valence-corrected chi connectivity index (χ2v) is 4.16. The first-order valence-corrected chi connectivity index (χ1v) is 5.41. The van der Waals surface area contributed by atoms with Crippen molar-refractivity contribution in [3.8, 4) is 0 Å². The van der Waals surface area contributed by atoms with Gasteiger partial charge in [0.2, 0.25) is 0 Å². The standard InChI is InChI=1S/C11H17N3O/c1-14-6-2-3-9(7-14)10-4-5-12-11(8-15)13-10/h4-5,9,15H,2-3,6-8H2,1H3. The summed E-state index contributed by atoms with van der Waals surface area (Å²) in [6.07, 6.45) is 4.15. The molecule has 1 aromatic heterocycles. The van der Waals surface area contributed by atoms with Crippen molar-refractivity contribution in [3.05, 3.63) is 23.8 Å². The SMILES string of the molecule is CN1CCCC(c2ccnc(CO)n2)C1. The van der Waals surface area contributed by atoms with Crippen molar-refractivity contribution in [1.29, 1.82) is 0 Å². The fourth-order valence-electron chi connectivity index (χ4n) is 2.13. The van der Waals surface area contributed by atoms with E-state index in [2.05, 4.69) is 21.9 Å². The monoisotopic (exact) mass is 207 g/mol. The first-order chi connectivity index (χ1) is 7.29. The van der Waals surface area contributed by atoms with E-state index in [1.807, 2.05) is 6.07 Å². The van der Waals surface area contributed by atoms with Gasteiger partial charge in [0, 0.05) is 24.4 Å². The lowest BCUT2D eigenvalue weighted by Gasteiger charge is -2.29. The summed E-state index contributed by atoms with van der Waals surface area (Å²) in [5.41, 5.74) is 1.07. The maximum absolute atomic E-state index is 8.98. The molecule has 1 aliphatic heterocycles. The van der Waals surface area contributed by atoms with Crippen molar-refractivity contribution in [3.63, 3.8) is 0 Å². The average molecular weight is 207 g/mol. The molecule has 1 aromatic rings. The molecular formula is C11H17N3O. The summed E-state index contributed by atoms with van der Waals surface area (Å²) < 4.78 is 0. The van der Waals surface area contributed by atoms with Crippen LogP contribution in [0, 0.1) is 0 Å². The number of piperidine rings is 1. The van der Waals surface area contributed by atoms with E-state index in [9.17, 15) is 0 Å². The van der Waals surface area contributed by atoms with Crippen molar-refractivity contribution < 1.29 is 5.11 Å². The zero-order valence-electron chi connectivity index (χ0n) is 9.06. The van der Waals surface area contributed by atoms with Crippen LogP contribution in [-0.4, -0.2) is 40.1 Å². The molecule has 4 heteroatoms. The van der Waals surface area contributed by atoms with E-state index in [0.717, 1.165) is 12.2 Å². The van der Waals surface area contributed by atoms with Gasteiger partial charge in [-0.15, -0.1) is 0 Å². The van der Waals surface area contributed by atoms with Crippen LogP contribution in [0.15, 0.2) is 12.3 Å². The molecule has 2 rings (SSSR count). The van der Waals surface area contributed by atoms with Crippen LogP contribution in [0.1, 0.15) is 30.3 Å². The topological polar surface area (TPSA) is 49.2 Å². The number of hydrogen-bond acceptors (Lipinski definition) is 4. The molecule has 1 fully saturated rings. The van der Waals surface area contributed by atoms with Crippen LogP contribution in [0.2, 0.25) is 0 Å². The van der Waals surface area contributed by atoms with Crippen LogP contribution in [0.3, 0.4) is 0 Å². The minimum atomic E-state index is -0.0730. The highest BCUT2D eigenvalue weighted by atomic mass is 16.3. The van der Waals surface area contributed by atoms with Gasteiger partial charge in [-0.1, -0.05) is 0 Å². The quantitative estimate of drug-likeness (QED) is 0.778. The maximum atomic E-state index is 8.98. The highest BCUT2D eigenvalue weighted by Gasteiger charge is 2.20. The predicted octanol–water partition coefficient (Wildman–Crippen LogP) is 0.778. The second-order valence-electron chi connectivity index (χ2n) is 4.16. The number of aliphatic hydroxyl groups is 1. The summed E-state index contributed by atoms with van der Waals surface area (Å²) in [5, 5.41) is 8.98. The number of nitrogens with zero attached hydrogens (tertiary/aromatic N) is 3. The Morgan fingerprint density at radius 2 is 2.47 bits per heavy atom. The molecule has 4 nitrogen and oxygen atoms in total. The third-order valence-corrected chi connectivity index (χ3v) is 2.91. The fraction of sp³-hybridized carbons (Fsp3) is 0.636. The highest BCUT2D eigenvalue weighted by molar-refractivity contribution is 5.10. The van der Waals surface area contributed by atoms with Gasteiger partial charge in [-0.2, -0.15) is 0 Å². The minimum absolute atomic E-state index is 0.0730. The van der Waals surface area contributed by atoms with E-state index >= 15 is 0 Å². The van der Waals surface area contributed by atoms with Gasteiger partial charge in [-0.25, -0.2) is 9.97 Å². The number of likely N-dealkylation sites (N-methyl/N-ethyl adjacent to an activating group) is 1. The van der Waals surface area contributed by atoms with Crippen molar-refractivity contribution in [2.24, 2.45) is 0 Å². The summed E-state index contributed by atoms with van der Waals surface area (Å²) in [6, 6.07) is 1.96. The molecule has 1 atom stereocenters.